The molecule has 4 bridgehead atoms. The van der Waals surface area contributed by atoms with Crippen LogP contribution in [0.5, 0.6) is 0 Å². The molecular formula is C23H35NOS2. The zero-order valence-corrected chi connectivity index (χ0v) is 18.2. The van der Waals surface area contributed by atoms with Gasteiger partial charge in [0.1, 0.15) is 0 Å². The Morgan fingerprint density at radius 2 is 1.30 bits per heavy atom. The molecule has 27 heavy (non-hydrogen) atoms. The predicted octanol–water partition coefficient (Wildman–Crippen LogP) is 6.04. The van der Waals surface area contributed by atoms with Gasteiger partial charge in [-0.05, 0) is 60.2 Å². The van der Waals surface area contributed by atoms with Crippen LogP contribution in [0.2, 0.25) is 0 Å². The first-order valence-electron chi connectivity index (χ1n) is 10.8. The molecule has 6 rings (SSSR count). The van der Waals surface area contributed by atoms with Crippen LogP contribution < -0.4 is 5.32 Å². The molecule has 1 saturated heterocycles. The summed E-state index contributed by atoms with van der Waals surface area (Å²) in [5.74, 6) is 6.30. The zero-order chi connectivity index (χ0) is 18.7. The average Bonchev–Trinajstić information content (AvgIpc) is 2.68. The summed E-state index contributed by atoms with van der Waals surface area (Å²) in [5.41, 5.74) is 2.88. The van der Waals surface area contributed by atoms with Gasteiger partial charge in [-0.1, -0.05) is 49.9 Å². The number of nitrogens with one attached hydrogen (secondary N) is 1. The lowest BCUT2D eigenvalue weighted by molar-refractivity contribution is -0.121. The van der Waals surface area contributed by atoms with Gasteiger partial charge in [0.05, 0.1) is 0 Å². The van der Waals surface area contributed by atoms with Gasteiger partial charge in [0.25, 0.3) is 0 Å². The molecule has 2 atom stereocenters. The lowest BCUT2D eigenvalue weighted by Crippen LogP contribution is -2.27. The Labute approximate surface area is 174 Å². The quantitative estimate of drug-likeness (QED) is 0.570. The van der Waals surface area contributed by atoms with E-state index in [1.807, 2.05) is 11.8 Å². The SMILES string of the molecule is O=C1CCC2CCCCCCC(CCN1)CSCc1ccc(cc1)CSC2. The molecule has 1 aromatic carbocycles. The molecule has 1 amide bonds. The van der Waals surface area contributed by atoms with Crippen molar-refractivity contribution in [2.75, 3.05) is 18.1 Å². The first-order valence-corrected chi connectivity index (χ1v) is 13.1. The molecule has 1 aromatic rings. The summed E-state index contributed by atoms with van der Waals surface area (Å²) in [7, 11) is 0. The van der Waals surface area contributed by atoms with Crippen molar-refractivity contribution in [2.24, 2.45) is 11.8 Å². The third-order valence-corrected chi connectivity index (χ3v) is 8.39. The maximum atomic E-state index is 12.3. The highest BCUT2D eigenvalue weighted by Gasteiger charge is 2.15. The fourth-order valence-corrected chi connectivity index (χ4v) is 6.52. The van der Waals surface area contributed by atoms with Crippen LogP contribution in [0, 0.1) is 11.8 Å². The topological polar surface area (TPSA) is 29.1 Å². The van der Waals surface area contributed by atoms with Crippen molar-refractivity contribution in [3.8, 4) is 0 Å². The summed E-state index contributed by atoms with van der Waals surface area (Å²) in [4.78, 5) is 12.3. The van der Waals surface area contributed by atoms with Crippen LogP contribution in [-0.4, -0.2) is 24.0 Å². The largest absolute Gasteiger partial charge is 0.356 e. The third kappa shape index (κ3) is 8.11. The van der Waals surface area contributed by atoms with Gasteiger partial charge in [-0.15, -0.1) is 0 Å². The van der Waals surface area contributed by atoms with Crippen LogP contribution in [0.15, 0.2) is 24.3 Å². The molecule has 5 aliphatic rings. The molecule has 5 heterocycles. The smallest absolute Gasteiger partial charge is 0.220 e. The molecule has 150 valence electrons. The number of carbonyl (C=O) groups excluding carboxylic acids is 1. The van der Waals surface area contributed by atoms with Gasteiger partial charge in [0, 0.05) is 24.5 Å². The Morgan fingerprint density at radius 1 is 0.741 bits per heavy atom. The monoisotopic (exact) mass is 405 g/mol. The van der Waals surface area contributed by atoms with Crippen molar-refractivity contribution in [2.45, 2.75) is 69.3 Å². The van der Waals surface area contributed by atoms with E-state index >= 15 is 0 Å². The summed E-state index contributed by atoms with van der Waals surface area (Å²) in [5, 5.41) is 3.20. The predicted molar refractivity (Wildman–Crippen MR) is 120 cm³/mol. The second-order valence-electron chi connectivity index (χ2n) is 8.25. The minimum absolute atomic E-state index is 0.268. The second kappa shape index (κ2) is 12.1. The van der Waals surface area contributed by atoms with Crippen molar-refractivity contribution in [1.29, 1.82) is 0 Å². The molecule has 0 aliphatic carbocycles. The Hall–Kier alpha value is -0.610. The number of hydrogen-bond acceptors (Lipinski definition) is 3. The molecule has 0 aromatic heterocycles. The molecule has 1 fully saturated rings. The van der Waals surface area contributed by atoms with E-state index < -0.39 is 0 Å². The molecule has 1 N–H and O–H groups in total. The highest BCUT2D eigenvalue weighted by Crippen LogP contribution is 2.27. The molecule has 5 aliphatic heterocycles. The van der Waals surface area contributed by atoms with Gasteiger partial charge >= 0.3 is 0 Å². The summed E-state index contributed by atoms with van der Waals surface area (Å²) in [6.45, 7) is 0.859. The summed E-state index contributed by atoms with van der Waals surface area (Å²) < 4.78 is 0. The van der Waals surface area contributed by atoms with E-state index in [1.165, 1.54) is 61.2 Å². The summed E-state index contributed by atoms with van der Waals surface area (Å²) >= 11 is 4.12. The van der Waals surface area contributed by atoms with Crippen molar-refractivity contribution < 1.29 is 4.79 Å². The molecule has 0 radical (unpaired) electrons. The summed E-state index contributed by atoms with van der Waals surface area (Å²) in [6, 6.07) is 9.27. The number of amides is 1. The van der Waals surface area contributed by atoms with Gasteiger partial charge in [-0.25, -0.2) is 0 Å². The van der Waals surface area contributed by atoms with Crippen LogP contribution in [0.25, 0.3) is 0 Å². The maximum absolute atomic E-state index is 12.3. The van der Waals surface area contributed by atoms with Crippen LogP contribution >= 0.6 is 23.5 Å². The molecule has 2 nitrogen and oxygen atoms in total. The number of thioether (sulfide) groups is 2. The Kier molecular flexibility index (Phi) is 9.43. The van der Waals surface area contributed by atoms with Crippen molar-refractivity contribution >= 4 is 29.4 Å². The van der Waals surface area contributed by atoms with E-state index in [-0.39, 0.29) is 5.91 Å². The van der Waals surface area contributed by atoms with Gasteiger partial charge in [0.2, 0.25) is 5.91 Å². The molecule has 4 heteroatoms. The van der Waals surface area contributed by atoms with E-state index in [0.717, 1.165) is 36.8 Å². The van der Waals surface area contributed by atoms with Gasteiger partial charge in [-0.3, -0.25) is 4.79 Å². The van der Waals surface area contributed by atoms with Crippen molar-refractivity contribution in [1.82, 2.24) is 5.32 Å². The van der Waals surface area contributed by atoms with E-state index in [1.54, 1.807) is 0 Å². The molecule has 0 spiro atoms. The van der Waals surface area contributed by atoms with Crippen LogP contribution in [-0.2, 0) is 16.3 Å². The Balaban J connectivity index is 1.70. The van der Waals surface area contributed by atoms with Crippen LogP contribution in [0.4, 0.5) is 0 Å². The van der Waals surface area contributed by atoms with Crippen LogP contribution in [0.1, 0.15) is 68.9 Å². The first-order chi connectivity index (χ1) is 13.3. The average molecular weight is 406 g/mol. The van der Waals surface area contributed by atoms with E-state index in [0.29, 0.717) is 12.3 Å². The molecular weight excluding hydrogens is 370 g/mol. The first kappa shape index (κ1) is 21.1. The normalized spacial score (nSPS) is 26.7. The van der Waals surface area contributed by atoms with Crippen molar-refractivity contribution in [3.63, 3.8) is 0 Å². The van der Waals surface area contributed by atoms with Crippen molar-refractivity contribution in [3.05, 3.63) is 35.4 Å². The lowest BCUT2D eigenvalue weighted by Gasteiger charge is -2.20. The van der Waals surface area contributed by atoms with Gasteiger partial charge in [0.15, 0.2) is 0 Å². The fourth-order valence-electron chi connectivity index (χ4n) is 4.10. The molecule has 0 saturated carbocycles. The van der Waals surface area contributed by atoms with E-state index in [2.05, 4.69) is 41.3 Å². The fraction of sp³-hybridized carbons (Fsp3) is 0.696. The van der Waals surface area contributed by atoms with Crippen LogP contribution in [0.3, 0.4) is 0 Å². The number of rotatable bonds is 0. The van der Waals surface area contributed by atoms with E-state index in [4.69, 9.17) is 0 Å². The summed E-state index contributed by atoms with van der Waals surface area (Å²) in [6.07, 6.45) is 10.9. The lowest BCUT2D eigenvalue weighted by atomic mass is 9.95. The van der Waals surface area contributed by atoms with Gasteiger partial charge in [-0.2, -0.15) is 23.5 Å². The standard InChI is InChI=1S/C23H35NOS2/c25-23-12-11-19-5-3-1-2-4-6-20(13-14-24-23)16-27-18-22-9-7-21(8-10-22)17-26-15-19/h7-10,19-20H,1-6,11-18H2,(H,24,25). The maximum Gasteiger partial charge on any atom is 0.220 e. The second-order valence-corrected chi connectivity index (χ2v) is 10.3. The molecule has 2 unspecified atom stereocenters. The minimum Gasteiger partial charge on any atom is -0.356 e. The highest BCUT2D eigenvalue weighted by molar-refractivity contribution is 7.98. The number of benzene rings is 1. The Morgan fingerprint density at radius 3 is 1.89 bits per heavy atom. The van der Waals surface area contributed by atoms with Gasteiger partial charge < -0.3 is 5.32 Å². The highest BCUT2D eigenvalue weighted by atomic mass is 32.2. The Bertz CT molecular complexity index is 560. The number of hydrogen-bond donors (Lipinski definition) is 1. The van der Waals surface area contributed by atoms with E-state index in [9.17, 15) is 4.79 Å². The number of carbonyl (C=O) groups is 1. The third-order valence-electron chi connectivity index (χ3n) is 5.90. The zero-order valence-electron chi connectivity index (χ0n) is 16.6. The minimum atomic E-state index is 0.268.